The summed E-state index contributed by atoms with van der Waals surface area (Å²) in [4.78, 5) is 26.0. The number of benzene rings is 3. The molecule has 164 valence electrons. The van der Waals surface area contributed by atoms with Gasteiger partial charge in [-0.05, 0) is 55.0 Å². The zero-order valence-corrected chi connectivity index (χ0v) is 17.8. The number of nitrogens with zero attached hydrogens (tertiary/aromatic N) is 1. The summed E-state index contributed by atoms with van der Waals surface area (Å²) in [6, 6.07) is 16.5. The first-order valence-corrected chi connectivity index (χ1v) is 10.2. The minimum atomic E-state index is -0.546. The number of amides is 2. The standard InChI is InChI=1S/C25H23FN2O4/c1-15-10-18(26)6-9-22(15)32-23-13-20(31-2)7-8-21(23)17-12-24(29)28(14-17)19-5-3-4-16(11-19)25(27)30/h3-11,13,17H,12,14H2,1-2H3,(H2,27,30). The molecule has 1 aliphatic rings. The van der Waals surface area contributed by atoms with Crippen molar-refractivity contribution < 1.29 is 23.5 Å². The number of rotatable bonds is 6. The van der Waals surface area contributed by atoms with Crippen molar-refractivity contribution >= 4 is 17.5 Å². The monoisotopic (exact) mass is 434 g/mol. The van der Waals surface area contributed by atoms with Crippen LogP contribution in [0.3, 0.4) is 0 Å². The minimum absolute atomic E-state index is 0.0589. The van der Waals surface area contributed by atoms with Gasteiger partial charge in [-0.2, -0.15) is 0 Å². The van der Waals surface area contributed by atoms with Crippen molar-refractivity contribution in [1.82, 2.24) is 0 Å². The molecule has 1 unspecified atom stereocenters. The lowest BCUT2D eigenvalue weighted by atomic mass is 9.97. The molecule has 4 rings (SSSR count). The van der Waals surface area contributed by atoms with Crippen molar-refractivity contribution in [2.24, 2.45) is 5.73 Å². The first-order valence-electron chi connectivity index (χ1n) is 10.2. The van der Waals surface area contributed by atoms with Gasteiger partial charge in [-0.15, -0.1) is 0 Å². The molecule has 0 spiro atoms. The molecule has 0 bridgehead atoms. The summed E-state index contributed by atoms with van der Waals surface area (Å²) in [6.07, 6.45) is 0.284. The highest BCUT2D eigenvalue weighted by molar-refractivity contribution is 5.99. The predicted molar refractivity (Wildman–Crippen MR) is 119 cm³/mol. The number of nitrogens with two attached hydrogens (primary N) is 1. The lowest BCUT2D eigenvalue weighted by molar-refractivity contribution is -0.117. The van der Waals surface area contributed by atoms with Crippen LogP contribution in [0.4, 0.5) is 10.1 Å². The second kappa shape index (κ2) is 8.70. The molecule has 0 aliphatic carbocycles. The van der Waals surface area contributed by atoms with Crippen LogP contribution in [0.1, 0.15) is 33.8 Å². The quantitative estimate of drug-likeness (QED) is 0.617. The van der Waals surface area contributed by atoms with Crippen molar-refractivity contribution in [2.75, 3.05) is 18.6 Å². The molecule has 1 atom stereocenters. The lowest BCUT2D eigenvalue weighted by Gasteiger charge is -2.20. The molecule has 0 saturated carbocycles. The number of aryl methyl sites for hydroxylation is 1. The molecular formula is C25H23FN2O4. The number of primary amides is 1. The Morgan fingerprint density at radius 3 is 2.62 bits per heavy atom. The third-order valence-electron chi connectivity index (χ3n) is 5.58. The van der Waals surface area contributed by atoms with Crippen molar-refractivity contribution in [3.63, 3.8) is 0 Å². The van der Waals surface area contributed by atoms with Gasteiger partial charge in [0.25, 0.3) is 0 Å². The van der Waals surface area contributed by atoms with Gasteiger partial charge in [0.2, 0.25) is 11.8 Å². The van der Waals surface area contributed by atoms with Crippen LogP contribution >= 0.6 is 0 Å². The lowest BCUT2D eigenvalue weighted by Crippen LogP contribution is -2.24. The van der Waals surface area contributed by atoms with Crippen molar-refractivity contribution in [3.05, 3.63) is 83.2 Å². The molecule has 1 heterocycles. The molecule has 0 radical (unpaired) electrons. The van der Waals surface area contributed by atoms with E-state index in [1.807, 2.05) is 12.1 Å². The van der Waals surface area contributed by atoms with Crippen LogP contribution in [0, 0.1) is 12.7 Å². The van der Waals surface area contributed by atoms with E-state index in [0.717, 1.165) is 5.56 Å². The van der Waals surface area contributed by atoms with E-state index in [4.69, 9.17) is 15.2 Å². The van der Waals surface area contributed by atoms with Gasteiger partial charge in [0, 0.05) is 41.8 Å². The molecule has 7 heteroatoms. The van der Waals surface area contributed by atoms with Gasteiger partial charge < -0.3 is 20.1 Å². The number of anilines is 1. The molecule has 6 nitrogen and oxygen atoms in total. The predicted octanol–water partition coefficient (Wildman–Crippen LogP) is 4.55. The normalized spacial score (nSPS) is 15.7. The van der Waals surface area contributed by atoms with E-state index in [2.05, 4.69) is 0 Å². The molecular weight excluding hydrogens is 411 g/mol. The Morgan fingerprint density at radius 2 is 1.91 bits per heavy atom. The summed E-state index contributed by atoms with van der Waals surface area (Å²) in [5.41, 5.74) is 7.86. The van der Waals surface area contributed by atoms with Gasteiger partial charge in [0.1, 0.15) is 23.1 Å². The summed E-state index contributed by atoms with van der Waals surface area (Å²) < 4.78 is 25.0. The molecule has 2 amide bonds. The van der Waals surface area contributed by atoms with Crippen LogP contribution in [-0.2, 0) is 4.79 Å². The Balaban J connectivity index is 1.65. The Bertz CT molecular complexity index is 1190. The minimum Gasteiger partial charge on any atom is -0.497 e. The second-order valence-electron chi connectivity index (χ2n) is 7.74. The highest BCUT2D eigenvalue weighted by Gasteiger charge is 2.33. The number of hydrogen-bond acceptors (Lipinski definition) is 4. The summed E-state index contributed by atoms with van der Waals surface area (Å²) in [5.74, 6) is 0.601. The average Bonchev–Trinajstić information content (AvgIpc) is 3.17. The molecule has 1 saturated heterocycles. The summed E-state index contributed by atoms with van der Waals surface area (Å²) in [5, 5.41) is 0. The molecule has 0 aromatic heterocycles. The maximum absolute atomic E-state index is 13.5. The summed E-state index contributed by atoms with van der Waals surface area (Å²) in [7, 11) is 1.56. The van der Waals surface area contributed by atoms with E-state index < -0.39 is 5.91 Å². The Labute approximate surface area is 185 Å². The third kappa shape index (κ3) is 4.27. The van der Waals surface area contributed by atoms with Crippen LogP contribution in [0.5, 0.6) is 17.2 Å². The number of ether oxygens (including phenoxy) is 2. The van der Waals surface area contributed by atoms with Crippen LogP contribution in [0.2, 0.25) is 0 Å². The number of methoxy groups -OCH3 is 1. The first-order chi connectivity index (χ1) is 15.4. The Kier molecular flexibility index (Phi) is 5.81. The highest BCUT2D eigenvalue weighted by Crippen LogP contribution is 2.40. The first kappa shape index (κ1) is 21.4. The van der Waals surface area contributed by atoms with E-state index in [1.54, 1.807) is 55.3 Å². The Hall–Kier alpha value is -3.87. The zero-order valence-electron chi connectivity index (χ0n) is 17.8. The van der Waals surface area contributed by atoms with Crippen LogP contribution in [-0.4, -0.2) is 25.5 Å². The van der Waals surface area contributed by atoms with Gasteiger partial charge in [0.05, 0.1) is 7.11 Å². The van der Waals surface area contributed by atoms with E-state index in [1.165, 1.54) is 12.1 Å². The highest BCUT2D eigenvalue weighted by atomic mass is 19.1. The fourth-order valence-corrected chi connectivity index (χ4v) is 3.91. The molecule has 3 aromatic rings. The van der Waals surface area contributed by atoms with Crippen LogP contribution in [0.25, 0.3) is 0 Å². The van der Waals surface area contributed by atoms with Crippen molar-refractivity contribution in [2.45, 2.75) is 19.3 Å². The molecule has 32 heavy (non-hydrogen) atoms. The average molecular weight is 434 g/mol. The number of carbonyl (C=O) groups excluding carboxylic acids is 2. The summed E-state index contributed by atoms with van der Waals surface area (Å²) >= 11 is 0. The fraction of sp³-hybridized carbons (Fsp3) is 0.200. The van der Waals surface area contributed by atoms with E-state index in [0.29, 0.717) is 40.6 Å². The third-order valence-corrected chi connectivity index (χ3v) is 5.58. The van der Waals surface area contributed by atoms with E-state index in [-0.39, 0.29) is 24.1 Å². The molecule has 3 aromatic carbocycles. The zero-order chi connectivity index (χ0) is 22.8. The maximum atomic E-state index is 13.5. The number of halogens is 1. The maximum Gasteiger partial charge on any atom is 0.248 e. The number of carbonyl (C=O) groups is 2. The fourth-order valence-electron chi connectivity index (χ4n) is 3.91. The van der Waals surface area contributed by atoms with E-state index >= 15 is 0 Å². The van der Waals surface area contributed by atoms with Gasteiger partial charge in [-0.3, -0.25) is 9.59 Å². The van der Waals surface area contributed by atoms with Gasteiger partial charge in [0.15, 0.2) is 0 Å². The topological polar surface area (TPSA) is 81.9 Å². The van der Waals surface area contributed by atoms with E-state index in [9.17, 15) is 14.0 Å². The Morgan fingerprint density at radius 1 is 1.09 bits per heavy atom. The summed E-state index contributed by atoms with van der Waals surface area (Å²) in [6.45, 7) is 2.19. The van der Waals surface area contributed by atoms with Crippen LogP contribution < -0.4 is 20.1 Å². The largest absolute Gasteiger partial charge is 0.497 e. The van der Waals surface area contributed by atoms with Gasteiger partial charge in [-0.1, -0.05) is 12.1 Å². The second-order valence-corrected chi connectivity index (χ2v) is 7.74. The van der Waals surface area contributed by atoms with Crippen molar-refractivity contribution in [3.8, 4) is 17.2 Å². The van der Waals surface area contributed by atoms with Crippen LogP contribution in [0.15, 0.2) is 60.7 Å². The smallest absolute Gasteiger partial charge is 0.248 e. The van der Waals surface area contributed by atoms with Crippen molar-refractivity contribution in [1.29, 1.82) is 0 Å². The van der Waals surface area contributed by atoms with Gasteiger partial charge in [-0.25, -0.2) is 4.39 Å². The molecule has 2 N–H and O–H groups in total. The SMILES string of the molecule is COc1ccc(C2CC(=O)N(c3cccc(C(N)=O)c3)C2)c(Oc2ccc(F)cc2C)c1. The molecule has 1 aliphatic heterocycles. The molecule has 1 fully saturated rings. The van der Waals surface area contributed by atoms with Gasteiger partial charge >= 0.3 is 0 Å². The number of hydrogen-bond donors (Lipinski definition) is 1.